The van der Waals surface area contributed by atoms with Crippen molar-refractivity contribution in [3.63, 3.8) is 0 Å². The summed E-state index contributed by atoms with van der Waals surface area (Å²) in [4.78, 5) is 9.89. The number of hydrogen-bond donors (Lipinski definition) is 0. The molecule has 13 heavy (non-hydrogen) atoms. The Hall–Kier alpha value is -1.56. The smallest absolute Gasteiger partial charge is 0.228 e. The maximum atomic E-state index is 7.01. The fourth-order valence-electron chi connectivity index (χ4n) is 1.65. The van der Waals surface area contributed by atoms with Crippen LogP contribution in [0, 0.1) is 6.57 Å². The van der Waals surface area contributed by atoms with Gasteiger partial charge in [0, 0.05) is 19.3 Å². The molecule has 3 heteroatoms. The van der Waals surface area contributed by atoms with Crippen molar-refractivity contribution in [1.29, 1.82) is 0 Å². The maximum Gasteiger partial charge on any atom is 0.228 e. The van der Waals surface area contributed by atoms with Crippen LogP contribution in [0.1, 0.15) is 12.8 Å². The summed E-state index contributed by atoms with van der Waals surface area (Å²) < 4.78 is 0. The second-order valence-corrected chi connectivity index (χ2v) is 3.15. The Kier molecular flexibility index (Phi) is 2.13. The number of nitrogens with zero attached hydrogens (tertiary/aromatic N) is 3. The van der Waals surface area contributed by atoms with Crippen LogP contribution in [0.25, 0.3) is 4.85 Å². The molecule has 1 fully saturated rings. The molecule has 2 rings (SSSR count). The molecule has 2 heterocycles. The van der Waals surface area contributed by atoms with E-state index in [1.165, 1.54) is 12.8 Å². The van der Waals surface area contributed by atoms with Crippen molar-refractivity contribution in [3.05, 3.63) is 29.7 Å². The van der Waals surface area contributed by atoms with E-state index in [-0.39, 0.29) is 0 Å². The Labute approximate surface area is 77.8 Å². The molecule has 0 N–H and O–H groups in total. The molecule has 0 radical (unpaired) electrons. The Morgan fingerprint density at radius 1 is 1.38 bits per heavy atom. The zero-order chi connectivity index (χ0) is 9.10. The van der Waals surface area contributed by atoms with E-state index in [0.29, 0.717) is 5.69 Å². The average molecular weight is 173 g/mol. The van der Waals surface area contributed by atoms with Crippen LogP contribution in [-0.4, -0.2) is 18.1 Å². The van der Waals surface area contributed by atoms with Gasteiger partial charge in [-0.25, -0.2) is 4.85 Å². The van der Waals surface area contributed by atoms with Gasteiger partial charge in [-0.15, -0.1) is 0 Å². The quantitative estimate of drug-likeness (QED) is 0.607. The highest BCUT2D eigenvalue weighted by molar-refractivity contribution is 5.66. The molecular weight excluding hydrogens is 162 g/mol. The lowest BCUT2D eigenvalue weighted by molar-refractivity contribution is 0.941. The van der Waals surface area contributed by atoms with Gasteiger partial charge in [0.1, 0.15) is 5.82 Å². The second kappa shape index (κ2) is 3.44. The Balaban J connectivity index is 2.33. The van der Waals surface area contributed by atoms with Crippen LogP contribution in [0.2, 0.25) is 0 Å². The van der Waals surface area contributed by atoms with Gasteiger partial charge in [-0.2, -0.15) is 0 Å². The highest BCUT2D eigenvalue weighted by atomic mass is 15.2. The van der Waals surface area contributed by atoms with Crippen molar-refractivity contribution in [3.8, 4) is 0 Å². The first kappa shape index (κ1) is 8.06. The van der Waals surface area contributed by atoms with Gasteiger partial charge in [0.05, 0.1) is 6.57 Å². The van der Waals surface area contributed by atoms with Gasteiger partial charge >= 0.3 is 0 Å². The second-order valence-electron chi connectivity index (χ2n) is 3.15. The van der Waals surface area contributed by atoms with Crippen molar-refractivity contribution in [1.82, 2.24) is 4.98 Å². The first-order chi connectivity index (χ1) is 6.42. The third-order valence-corrected chi connectivity index (χ3v) is 2.29. The lowest BCUT2D eigenvalue weighted by atomic mass is 10.3. The molecule has 0 bridgehead atoms. The maximum absolute atomic E-state index is 7.01. The van der Waals surface area contributed by atoms with Crippen molar-refractivity contribution in [2.45, 2.75) is 12.8 Å². The summed E-state index contributed by atoms with van der Waals surface area (Å²) in [6, 6.07) is 3.64. The van der Waals surface area contributed by atoms with Crippen LogP contribution in [-0.2, 0) is 0 Å². The normalized spacial score (nSPS) is 15.8. The summed E-state index contributed by atoms with van der Waals surface area (Å²) in [7, 11) is 0. The molecule has 0 unspecified atom stereocenters. The van der Waals surface area contributed by atoms with Gasteiger partial charge in [0.25, 0.3) is 0 Å². The van der Waals surface area contributed by atoms with E-state index in [1.54, 1.807) is 6.20 Å². The summed E-state index contributed by atoms with van der Waals surface area (Å²) >= 11 is 0. The molecule has 0 spiro atoms. The van der Waals surface area contributed by atoms with E-state index < -0.39 is 0 Å². The third-order valence-electron chi connectivity index (χ3n) is 2.29. The highest BCUT2D eigenvalue weighted by Crippen LogP contribution is 2.27. The molecule has 0 aromatic carbocycles. The Morgan fingerprint density at radius 3 is 2.85 bits per heavy atom. The highest BCUT2D eigenvalue weighted by Gasteiger charge is 2.16. The molecular formula is C10H11N3. The van der Waals surface area contributed by atoms with Gasteiger partial charge in [0.2, 0.25) is 5.69 Å². The van der Waals surface area contributed by atoms with E-state index in [9.17, 15) is 0 Å². The minimum Gasteiger partial charge on any atom is -0.365 e. The van der Waals surface area contributed by atoms with Gasteiger partial charge in [-0.05, 0) is 12.8 Å². The van der Waals surface area contributed by atoms with Gasteiger partial charge in [0.15, 0.2) is 0 Å². The molecule has 0 aliphatic carbocycles. The first-order valence-corrected chi connectivity index (χ1v) is 4.49. The predicted molar refractivity (Wildman–Crippen MR) is 51.9 cm³/mol. The Morgan fingerprint density at radius 2 is 2.15 bits per heavy atom. The SMILES string of the molecule is [C-]#[N+]c1cccnc1N1CCCC1. The van der Waals surface area contributed by atoms with Crippen molar-refractivity contribution >= 4 is 11.5 Å². The molecule has 0 amide bonds. The average Bonchev–Trinajstić information content (AvgIpc) is 2.70. The van der Waals surface area contributed by atoms with Crippen molar-refractivity contribution in [2.75, 3.05) is 18.0 Å². The number of aromatic nitrogens is 1. The van der Waals surface area contributed by atoms with E-state index in [2.05, 4.69) is 14.7 Å². The first-order valence-electron chi connectivity index (χ1n) is 4.49. The zero-order valence-electron chi connectivity index (χ0n) is 7.40. The van der Waals surface area contributed by atoms with Crippen molar-refractivity contribution in [2.24, 2.45) is 0 Å². The van der Waals surface area contributed by atoms with Crippen LogP contribution >= 0.6 is 0 Å². The van der Waals surface area contributed by atoms with Crippen LogP contribution in [0.3, 0.4) is 0 Å². The van der Waals surface area contributed by atoms with Gasteiger partial charge < -0.3 is 4.90 Å². The van der Waals surface area contributed by atoms with Crippen LogP contribution < -0.4 is 4.90 Å². The van der Waals surface area contributed by atoms with E-state index >= 15 is 0 Å². The molecule has 1 aromatic rings. The fourth-order valence-corrected chi connectivity index (χ4v) is 1.65. The molecule has 0 atom stereocenters. The summed E-state index contributed by atoms with van der Waals surface area (Å²) in [5.41, 5.74) is 0.671. The molecule has 1 aliphatic rings. The summed E-state index contributed by atoms with van der Waals surface area (Å²) in [5, 5.41) is 0. The molecule has 66 valence electrons. The molecule has 1 saturated heterocycles. The van der Waals surface area contributed by atoms with Crippen molar-refractivity contribution < 1.29 is 0 Å². The van der Waals surface area contributed by atoms with Crippen LogP contribution in [0.4, 0.5) is 11.5 Å². The summed E-state index contributed by atoms with van der Waals surface area (Å²) in [6.07, 6.45) is 4.18. The number of rotatable bonds is 1. The molecule has 0 saturated carbocycles. The van der Waals surface area contributed by atoms with E-state index in [1.807, 2.05) is 12.1 Å². The molecule has 3 nitrogen and oxygen atoms in total. The number of pyridine rings is 1. The van der Waals surface area contributed by atoms with Gasteiger partial charge in [-0.1, -0.05) is 12.1 Å². The standard InChI is InChI=1S/C10H11N3/c1-11-9-5-4-6-12-10(9)13-7-2-3-8-13/h4-6H,2-3,7-8H2. The minimum absolute atomic E-state index is 0.671. The number of hydrogen-bond acceptors (Lipinski definition) is 2. The topological polar surface area (TPSA) is 20.5 Å². The monoisotopic (exact) mass is 173 g/mol. The van der Waals surface area contributed by atoms with E-state index in [4.69, 9.17) is 6.57 Å². The number of anilines is 1. The molecule has 1 aromatic heterocycles. The Bertz CT molecular complexity index is 334. The fraction of sp³-hybridized carbons (Fsp3) is 0.400. The summed E-state index contributed by atoms with van der Waals surface area (Å²) in [5.74, 6) is 0.856. The lowest BCUT2D eigenvalue weighted by Crippen LogP contribution is -2.18. The predicted octanol–water partition coefficient (Wildman–Crippen LogP) is 2.23. The minimum atomic E-state index is 0.671. The largest absolute Gasteiger partial charge is 0.365 e. The third kappa shape index (κ3) is 1.48. The summed E-state index contributed by atoms with van der Waals surface area (Å²) in [6.45, 7) is 9.09. The zero-order valence-corrected chi connectivity index (χ0v) is 7.40. The molecule has 1 aliphatic heterocycles. The van der Waals surface area contributed by atoms with E-state index in [0.717, 1.165) is 18.9 Å². The van der Waals surface area contributed by atoms with Gasteiger partial charge in [-0.3, -0.25) is 4.98 Å². The van der Waals surface area contributed by atoms with Crippen LogP contribution in [0.15, 0.2) is 18.3 Å². The van der Waals surface area contributed by atoms with Crippen LogP contribution in [0.5, 0.6) is 0 Å². The lowest BCUT2D eigenvalue weighted by Gasteiger charge is -2.17.